The molecule has 1 aliphatic carbocycles. The van der Waals surface area contributed by atoms with Gasteiger partial charge in [0.2, 0.25) is 10.0 Å². The molecule has 0 radical (unpaired) electrons. The summed E-state index contributed by atoms with van der Waals surface area (Å²) in [4.78, 5) is 11.0. The van der Waals surface area contributed by atoms with Crippen molar-refractivity contribution in [3.63, 3.8) is 0 Å². The van der Waals surface area contributed by atoms with E-state index in [0.29, 0.717) is 12.1 Å². The molecule has 1 aromatic rings. The lowest BCUT2D eigenvalue weighted by Crippen LogP contribution is -2.40. The van der Waals surface area contributed by atoms with Crippen LogP contribution in [0.2, 0.25) is 0 Å². The van der Waals surface area contributed by atoms with E-state index < -0.39 is 16.0 Å². The molecule has 1 fully saturated rings. The first kappa shape index (κ1) is 15.0. The summed E-state index contributed by atoms with van der Waals surface area (Å²) in [5.74, 6) is -1.13. The molecule has 0 saturated heterocycles. The summed E-state index contributed by atoms with van der Waals surface area (Å²) in [6.45, 7) is 4.11. The van der Waals surface area contributed by atoms with E-state index in [1.54, 1.807) is 6.92 Å². The number of hydrogen-bond acceptors (Lipinski definition) is 3. The van der Waals surface area contributed by atoms with Gasteiger partial charge < -0.3 is 5.11 Å². The summed E-state index contributed by atoms with van der Waals surface area (Å²) in [7, 11) is -3.67. The Morgan fingerprint density at radius 3 is 2.55 bits per heavy atom. The summed E-state index contributed by atoms with van der Waals surface area (Å²) in [5.41, 5.74) is 0.554. The highest BCUT2D eigenvalue weighted by molar-refractivity contribution is 7.89. The van der Waals surface area contributed by atoms with Gasteiger partial charge >= 0.3 is 5.97 Å². The maximum Gasteiger partial charge on any atom is 0.335 e. The van der Waals surface area contributed by atoms with E-state index in [1.807, 2.05) is 0 Å². The molecule has 0 unspecified atom stereocenters. The molecule has 0 amide bonds. The van der Waals surface area contributed by atoms with E-state index in [9.17, 15) is 13.2 Å². The van der Waals surface area contributed by atoms with Gasteiger partial charge in [0.25, 0.3) is 0 Å². The number of aryl methyl sites for hydroxylation is 1. The Hall–Kier alpha value is -1.40. The third-order valence-electron chi connectivity index (χ3n) is 3.97. The minimum Gasteiger partial charge on any atom is -0.478 e. The van der Waals surface area contributed by atoms with Crippen LogP contribution in [0.1, 0.15) is 42.1 Å². The second kappa shape index (κ2) is 5.18. The Kier molecular flexibility index (Phi) is 3.88. The lowest BCUT2D eigenvalue weighted by molar-refractivity contribution is 0.0696. The molecule has 1 saturated carbocycles. The van der Waals surface area contributed by atoms with Crippen LogP contribution in [0.25, 0.3) is 0 Å². The zero-order valence-electron chi connectivity index (χ0n) is 11.6. The number of sulfonamides is 1. The molecule has 2 rings (SSSR count). The van der Waals surface area contributed by atoms with Crippen LogP contribution in [-0.2, 0) is 10.0 Å². The third kappa shape index (κ3) is 3.02. The zero-order valence-corrected chi connectivity index (χ0v) is 12.5. The van der Waals surface area contributed by atoms with E-state index in [4.69, 9.17) is 5.11 Å². The van der Waals surface area contributed by atoms with Crippen molar-refractivity contribution < 1.29 is 18.3 Å². The maximum absolute atomic E-state index is 12.3. The predicted molar refractivity (Wildman–Crippen MR) is 75.3 cm³/mol. The predicted octanol–water partition coefficient (Wildman–Crippen LogP) is 2.16. The molecule has 0 aromatic heterocycles. The highest BCUT2D eigenvalue weighted by atomic mass is 32.2. The highest BCUT2D eigenvalue weighted by Crippen LogP contribution is 2.39. The van der Waals surface area contributed by atoms with Crippen LogP contribution < -0.4 is 4.72 Å². The van der Waals surface area contributed by atoms with Gasteiger partial charge in [0, 0.05) is 6.54 Å². The Morgan fingerprint density at radius 1 is 1.40 bits per heavy atom. The van der Waals surface area contributed by atoms with Crippen molar-refractivity contribution >= 4 is 16.0 Å². The highest BCUT2D eigenvalue weighted by Gasteiger charge is 2.33. The van der Waals surface area contributed by atoms with Crippen LogP contribution in [0.4, 0.5) is 0 Å². The van der Waals surface area contributed by atoms with Crippen molar-refractivity contribution in [2.24, 2.45) is 5.41 Å². The maximum atomic E-state index is 12.3. The molecule has 1 aliphatic rings. The van der Waals surface area contributed by atoms with Gasteiger partial charge in [-0.25, -0.2) is 17.9 Å². The first-order valence-corrected chi connectivity index (χ1v) is 8.05. The Bertz CT molecular complexity index is 633. The third-order valence-corrected chi connectivity index (χ3v) is 5.52. The van der Waals surface area contributed by atoms with Crippen LogP contribution in [0.15, 0.2) is 23.1 Å². The molecule has 0 heterocycles. The second-order valence-corrected chi connectivity index (χ2v) is 7.51. The minimum atomic E-state index is -3.67. The molecule has 0 bridgehead atoms. The van der Waals surface area contributed by atoms with Crippen LogP contribution in [0.5, 0.6) is 0 Å². The Balaban J connectivity index is 2.24. The Morgan fingerprint density at radius 2 is 2.05 bits per heavy atom. The number of carbonyl (C=O) groups is 1. The van der Waals surface area contributed by atoms with Gasteiger partial charge in [0.1, 0.15) is 0 Å². The molecular weight excluding hydrogens is 278 g/mol. The quantitative estimate of drug-likeness (QED) is 0.872. The van der Waals surface area contributed by atoms with Gasteiger partial charge in [-0.1, -0.05) is 19.4 Å². The number of carboxylic acids is 1. The number of aromatic carboxylic acids is 1. The fourth-order valence-corrected chi connectivity index (χ4v) is 3.79. The van der Waals surface area contributed by atoms with Gasteiger partial charge in [0.05, 0.1) is 10.5 Å². The molecule has 20 heavy (non-hydrogen) atoms. The average Bonchev–Trinajstić information content (AvgIpc) is 2.34. The minimum absolute atomic E-state index is 0.0224. The van der Waals surface area contributed by atoms with Gasteiger partial charge in [-0.15, -0.1) is 0 Å². The molecule has 110 valence electrons. The Labute approximate surface area is 119 Å². The smallest absolute Gasteiger partial charge is 0.335 e. The van der Waals surface area contributed by atoms with Crippen molar-refractivity contribution in [1.82, 2.24) is 4.72 Å². The monoisotopic (exact) mass is 297 g/mol. The fraction of sp³-hybridized carbons (Fsp3) is 0.500. The fourth-order valence-electron chi connectivity index (χ4n) is 2.33. The van der Waals surface area contributed by atoms with Crippen LogP contribution >= 0.6 is 0 Å². The molecule has 1 aromatic carbocycles. The first-order chi connectivity index (χ1) is 9.23. The van der Waals surface area contributed by atoms with Gasteiger partial charge in [-0.05, 0) is 42.9 Å². The van der Waals surface area contributed by atoms with E-state index in [0.717, 1.165) is 19.3 Å². The largest absolute Gasteiger partial charge is 0.478 e. The SMILES string of the molecule is Cc1ccc(C(=O)O)cc1S(=O)(=O)NCC1(C)CCC1. The first-order valence-electron chi connectivity index (χ1n) is 6.57. The molecule has 0 atom stereocenters. The summed E-state index contributed by atoms with van der Waals surface area (Å²) in [5, 5.41) is 8.96. The normalized spacial score (nSPS) is 17.5. The summed E-state index contributed by atoms with van der Waals surface area (Å²) < 4.78 is 27.2. The molecule has 0 aliphatic heterocycles. The average molecular weight is 297 g/mol. The van der Waals surface area contributed by atoms with Gasteiger partial charge in [0.15, 0.2) is 0 Å². The van der Waals surface area contributed by atoms with E-state index >= 15 is 0 Å². The summed E-state index contributed by atoms with van der Waals surface area (Å²) in [6, 6.07) is 4.14. The van der Waals surface area contributed by atoms with Crippen molar-refractivity contribution in [3.8, 4) is 0 Å². The number of hydrogen-bond donors (Lipinski definition) is 2. The topological polar surface area (TPSA) is 83.5 Å². The number of rotatable bonds is 5. The van der Waals surface area contributed by atoms with Crippen molar-refractivity contribution in [1.29, 1.82) is 0 Å². The van der Waals surface area contributed by atoms with E-state index in [-0.39, 0.29) is 15.9 Å². The molecular formula is C14H19NO4S. The number of benzene rings is 1. The van der Waals surface area contributed by atoms with Crippen molar-refractivity contribution in [2.45, 2.75) is 38.0 Å². The summed E-state index contributed by atoms with van der Waals surface area (Å²) >= 11 is 0. The summed E-state index contributed by atoms with van der Waals surface area (Å²) in [6.07, 6.45) is 3.17. The van der Waals surface area contributed by atoms with Crippen LogP contribution in [-0.4, -0.2) is 26.0 Å². The van der Waals surface area contributed by atoms with E-state index in [2.05, 4.69) is 11.6 Å². The molecule has 0 spiro atoms. The van der Waals surface area contributed by atoms with Gasteiger partial charge in [-0.3, -0.25) is 0 Å². The van der Waals surface area contributed by atoms with E-state index in [1.165, 1.54) is 18.2 Å². The molecule has 5 nitrogen and oxygen atoms in total. The lowest BCUT2D eigenvalue weighted by atomic mass is 9.71. The van der Waals surface area contributed by atoms with Crippen LogP contribution in [0.3, 0.4) is 0 Å². The molecule has 6 heteroatoms. The van der Waals surface area contributed by atoms with Crippen molar-refractivity contribution in [3.05, 3.63) is 29.3 Å². The molecule has 2 N–H and O–H groups in total. The van der Waals surface area contributed by atoms with Crippen molar-refractivity contribution in [2.75, 3.05) is 6.54 Å². The standard InChI is InChI=1S/C14H19NO4S/c1-10-4-5-11(13(16)17)8-12(10)20(18,19)15-9-14(2)6-3-7-14/h4-5,8,15H,3,6-7,9H2,1-2H3,(H,16,17). The number of carboxylic acid groups (broad SMARTS) is 1. The zero-order chi connectivity index (χ0) is 15.0. The van der Waals surface area contributed by atoms with Gasteiger partial charge in [-0.2, -0.15) is 0 Å². The second-order valence-electron chi connectivity index (χ2n) is 5.77. The lowest BCUT2D eigenvalue weighted by Gasteiger charge is -2.38. The number of nitrogens with one attached hydrogen (secondary N) is 1. The van der Waals surface area contributed by atoms with Crippen LogP contribution in [0, 0.1) is 12.3 Å².